The van der Waals surface area contributed by atoms with Crippen LogP contribution in [0.1, 0.15) is 17.5 Å². The van der Waals surface area contributed by atoms with Gasteiger partial charge in [0.1, 0.15) is 5.82 Å². The summed E-state index contributed by atoms with van der Waals surface area (Å²) in [5.74, 6) is -0.312. The van der Waals surface area contributed by atoms with E-state index in [1.165, 1.54) is 12.1 Å². The lowest BCUT2D eigenvalue weighted by molar-refractivity contribution is 0.626. The Morgan fingerprint density at radius 2 is 2.29 bits per heavy atom. The van der Waals surface area contributed by atoms with Crippen molar-refractivity contribution in [3.63, 3.8) is 0 Å². The van der Waals surface area contributed by atoms with Gasteiger partial charge in [0, 0.05) is 11.3 Å². The second-order valence-electron chi connectivity index (χ2n) is 2.99. The normalized spacial score (nSPS) is 10.4. The van der Waals surface area contributed by atoms with E-state index in [1.54, 1.807) is 19.1 Å². The van der Waals surface area contributed by atoms with Gasteiger partial charge in [0.2, 0.25) is 0 Å². The molecule has 0 aliphatic carbocycles. The third kappa shape index (κ3) is 2.33. The Morgan fingerprint density at radius 1 is 1.57 bits per heavy atom. The topological polar surface area (TPSA) is 49.8 Å². The minimum Gasteiger partial charge on any atom is -0.398 e. The van der Waals surface area contributed by atoms with Crippen LogP contribution in [0.4, 0.5) is 10.1 Å². The molecule has 0 heterocycles. The molecule has 0 unspecified atom stereocenters. The molecular weight excluding hydrogens is 179 g/mol. The lowest BCUT2D eigenvalue weighted by Gasteiger charge is -2.04. The van der Waals surface area contributed by atoms with Crippen LogP contribution in [0.2, 0.25) is 0 Å². The van der Waals surface area contributed by atoms with Gasteiger partial charge >= 0.3 is 0 Å². The Morgan fingerprint density at radius 3 is 2.93 bits per heavy atom. The first-order valence-corrected chi connectivity index (χ1v) is 4.24. The SMILES string of the molecule is Cc1cc(F)cc(C=CCC#N)c1N. The van der Waals surface area contributed by atoms with E-state index < -0.39 is 0 Å². The molecule has 1 aromatic rings. The summed E-state index contributed by atoms with van der Waals surface area (Å²) in [7, 11) is 0. The maximum absolute atomic E-state index is 13.0. The van der Waals surface area contributed by atoms with Gasteiger partial charge in [-0.3, -0.25) is 0 Å². The number of anilines is 1. The van der Waals surface area contributed by atoms with Crippen LogP contribution in [0.15, 0.2) is 18.2 Å². The molecule has 1 rings (SSSR count). The second-order valence-corrected chi connectivity index (χ2v) is 2.99. The highest BCUT2D eigenvalue weighted by molar-refractivity contribution is 5.67. The van der Waals surface area contributed by atoms with Crippen LogP contribution in [0.3, 0.4) is 0 Å². The number of hydrogen-bond donors (Lipinski definition) is 1. The van der Waals surface area contributed by atoms with Gasteiger partial charge in [0.25, 0.3) is 0 Å². The molecule has 72 valence electrons. The van der Waals surface area contributed by atoms with Crippen molar-refractivity contribution in [2.24, 2.45) is 0 Å². The van der Waals surface area contributed by atoms with E-state index in [-0.39, 0.29) is 5.82 Å². The second kappa shape index (κ2) is 4.43. The number of halogens is 1. The summed E-state index contributed by atoms with van der Waals surface area (Å²) in [6, 6.07) is 4.71. The molecule has 0 aliphatic rings. The molecule has 2 N–H and O–H groups in total. The molecule has 0 atom stereocenters. The number of nitrogens with zero attached hydrogens (tertiary/aromatic N) is 1. The van der Waals surface area contributed by atoms with Gasteiger partial charge in [-0.1, -0.05) is 12.2 Å². The fourth-order valence-electron chi connectivity index (χ4n) is 1.16. The highest BCUT2D eigenvalue weighted by Gasteiger charge is 2.01. The number of nitriles is 1. The average molecular weight is 190 g/mol. The predicted molar refractivity (Wildman–Crippen MR) is 54.8 cm³/mol. The molecule has 0 spiro atoms. The van der Waals surface area contributed by atoms with Gasteiger partial charge in [-0.05, 0) is 24.6 Å². The first-order valence-electron chi connectivity index (χ1n) is 4.24. The standard InChI is InChI=1S/C11H11FN2/c1-8-6-10(12)7-9(11(8)14)4-2-3-5-13/h2,4,6-7H,3,14H2,1H3. The Labute approximate surface area is 82.5 Å². The first-order chi connectivity index (χ1) is 6.65. The van der Waals surface area contributed by atoms with Crippen LogP contribution in [-0.2, 0) is 0 Å². The molecule has 0 aliphatic heterocycles. The molecule has 14 heavy (non-hydrogen) atoms. The zero-order valence-electron chi connectivity index (χ0n) is 7.92. The minimum absolute atomic E-state index is 0.301. The van der Waals surface area contributed by atoms with Crippen LogP contribution in [0.5, 0.6) is 0 Å². The molecule has 0 saturated carbocycles. The number of hydrogen-bond acceptors (Lipinski definition) is 2. The van der Waals surface area contributed by atoms with Crippen molar-refractivity contribution in [1.29, 1.82) is 5.26 Å². The third-order valence-corrected chi connectivity index (χ3v) is 1.89. The lowest BCUT2D eigenvalue weighted by atomic mass is 10.1. The summed E-state index contributed by atoms with van der Waals surface area (Å²) in [4.78, 5) is 0. The van der Waals surface area contributed by atoms with Crippen molar-refractivity contribution in [2.45, 2.75) is 13.3 Å². The van der Waals surface area contributed by atoms with Crippen LogP contribution in [0, 0.1) is 24.1 Å². The zero-order valence-corrected chi connectivity index (χ0v) is 7.92. The van der Waals surface area contributed by atoms with E-state index in [1.807, 2.05) is 6.07 Å². The molecular formula is C11H11FN2. The van der Waals surface area contributed by atoms with E-state index in [9.17, 15) is 4.39 Å². The summed E-state index contributed by atoms with van der Waals surface area (Å²) in [5, 5.41) is 8.32. The van der Waals surface area contributed by atoms with Crippen molar-refractivity contribution >= 4 is 11.8 Å². The maximum atomic E-state index is 13.0. The van der Waals surface area contributed by atoms with Crippen LogP contribution < -0.4 is 5.73 Å². The molecule has 0 bridgehead atoms. The molecule has 0 aromatic heterocycles. The highest BCUT2D eigenvalue weighted by atomic mass is 19.1. The van der Waals surface area contributed by atoms with Crippen molar-refractivity contribution in [3.05, 3.63) is 35.2 Å². The Bertz CT molecular complexity index is 402. The van der Waals surface area contributed by atoms with Crippen LogP contribution >= 0.6 is 0 Å². The van der Waals surface area contributed by atoms with E-state index in [0.717, 1.165) is 0 Å². The van der Waals surface area contributed by atoms with E-state index >= 15 is 0 Å². The van der Waals surface area contributed by atoms with Crippen molar-refractivity contribution in [1.82, 2.24) is 0 Å². The zero-order chi connectivity index (χ0) is 10.6. The van der Waals surface area contributed by atoms with Crippen LogP contribution in [-0.4, -0.2) is 0 Å². The van der Waals surface area contributed by atoms with Crippen molar-refractivity contribution < 1.29 is 4.39 Å². The first kappa shape index (κ1) is 10.3. The van der Waals surface area contributed by atoms with E-state index in [4.69, 9.17) is 11.0 Å². The Kier molecular flexibility index (Phi) is 3.24. The van der Waals surface area contributed by atoms with Gasteiger partial charge in [0.15, 0.2) is 0 Å². The summed E-state index contributed by atoms with van der Waals surface area (Å²) in [6.45, 7) is 1.75. The van der Waals surface area contributed by atoms with Crippen molar-refractivity contribution in [3.8, 4) is 6.07 Å². The van der Waals surface area contributed by atoms with Gasteiger partial charge < -0.3 is 5.73 Å². The fourth-order valence-corrected chi connectivity index (χ4v) is 1.16. The molecule has 0 saturated heterocycles. The molecule has 3 heteroatoms. The Hall–Kier alpha value is -1.82. The number of rotatable bonds is 2. The van der Waals surface area contributed by atoms with Gasteiger partial charge in [0.05, 0.1) is 12.5 Å². The molecule has 0 amide bonds. The van der Waals surface area contributed by atoms with Crippen molar-refractivity contribution in [2.75, 3.05) is 5.73 Å². The van der Waals surface area contributed by atoms with Gasteiger partial charge in [-0.15, -0.1) is 0 Å². The predicted octanol–water partition coefficient (Wildman–Crippen LogP) is 2.64. The molecule has 0 fully saturated rings. The van der Waals surface area contributed by atoms with Crippen LogP contribution in [0.25, 0.3) is 6.08 Å². The summed E-state index contributed by atoms with van der Waals surface area (Å²) < 4.78 is 13.0. The monoisotopic (exact) mass is 190 g/mol. The molecule has 1 aromatic carbocycles. The largest absolute Gasteiger partial charge is 0.398 e. The van der Waals surface area contributed by atoms with Gasteiger partial charge in [-0.2, -0.15) is 5.26 Å². The highest BCUT2D eigenvalue weighted by Crippen LogP contribution is 2.20. The molecule has 2 nitrogen and oxygen atoms in total. The van der Waals surface area contributed by atoms with E-state index in [0.29, 0.717) is 23.2 Å². The number of nitrogens with two attached hydrogens (primary N) is 1. The number of benzene rings is 1. The quantitative estimate of drug-likeness (QED) is 0.729. The van der Waals surface area contributed by atoms with E-state index in [2.05, 4.69) is 0 Å². The Balaban J connectivity index is 3.03. The smallest absolute Gasteiger partial charge is 0.124 e. The lowest BCUT2D eigenvalue weighted by Crippen LogP contribution is -1.94. The molecule has 0 radical (unpaired) electrons. The summed E-state index contributed by atoms with van der Waals surface area (Å²) in [6.07, 6.45) is 3.62. The summed E-state index contributed by atoms with van der Waals surface area (Å²) >= 11 is 0. The fraction of sp³-hybridized carbons (Fsp3) is 0.182. The average Bonchev–Trinajstić information content (AvgIpc) is 2.13. The number of allylic oxidation sites excluding steroid dienone is 1. The minimum atomic E-state index is -0.312. The number of nitrogen functional groups attached to an aromatic ring is 1. The van der Waals surface area contributed by atoms with Gasteiger partial charge in [-0.25, -0.2) is 4.39 Å². The summed E-state index contributed by atoms with van der Waals surface area (Å²) in [5.41, 5.74) is 7.62. The maximum Gasteiger partial charge on any atom is 0.124 e. The number of aryl methyl sites for hydroxylation is 1. The third-order valence-electron chi connectivity index (χ3n) is 1.89.